The molecule has 6 rings (SSSR count). The number of hydrogen-bond donors (Lipinski definition) is 2. The van der Waals surface area contributed by atoms with Gasteiger partial charge in [-0.25, -0.2) is 15.0 Å². The molecule has 170 valence electrons. The van der Waals surface area contributed by atoms with Crippen molar-refractivity contribution in [2.24, 2.45) is 5.92 Å². The number of nitrogen functional groups attached to an aromatic ring is 2. The Morgan fingerprint density at radius 2 is 1.91 bits per heavy atom. The van der Waals surface area contributed by atoms with Crippen LogP contribution in [-0.2, 0) is 15.9 Å². The van der Waals surface area contributed by atoms with Gasteiger partial charge in [-0.2, -0.15) is 0 Å². The fraction of sp³-hybridized carbons (Fsp3) is 0.400. The van der Waals surface area contributed by atoms with E-state index in [0.717, 1.165) is 47.2 Å². The topological polar surface area (TPSA) is 112 Å². The Morgan fingerprint density at radius 1 is 1.09 bits per heavy atom. The molecular formula is C25H28N6O2. The summed E-state index contributed by atoms with van der Waals surface area (Å²) in [5.41, 5.74) is 15.0. The van der Waals surface area contributed by atoms with Crippen molar-refractivity contribution in [3.8, 4) is 0 Å². The predicted octanol–water partition coefficient (Wildman–Crippen LogP) is 3.17. The Balaban J connectivity index is 1.29. The molecule has 0 spiro atoms. The zero-order valence-corrected chi connectivity index (χ0v) is 18.8. The van der Waals surface area contributed by atoms with Gasteiger partial charge < -0.3 is 25.8 Å². The first-order chi connectivity index (χ1) is 15.9. The molecule has 3 aromatic rings. The van der Waals surface area contributed by atoms with Crippen molar-refractivity contribution in [3.05, 3.63) is 53.9 Å². The number of rotatable bonds is 3. The van der Waals surface area contributed by atoms with E-state index >= 15 is 0 Å². The number of nitrogens with zero attached hydrogens (tertiary/aromatic N) is 4. The van der Waals surface area contributed by atoms with E-state index in [1.165, 1.54) is 0 Å². The fourth-order valence-corrected chi connectivity index (χ4v) is 5.54. The van der Waals surface area contributed by atoms with Crippen LogP contribution in [0.1, 0.15) is 31.4 Å². The predicted molar refractivity (Wildman–Crippen MR) is 128 cm³/mol. The van der Waals surface area contributed by atoms with E-state index in [2.05, 4.69) is 50.2 Å². The Bertz CT molecular complexity index is 1260. The van der Waals surface area contributed by atoms with Crippen LogP contribution in [0.25, 0.3) is 17.0 Å². The summed E-state index contributed by atoms with van der Waals surface area (Å²) in [6, 6.07) is 10.2. The van der Waals surface area contributed by atoms with Crippen LogP contribution in [0.2, 0.25) is 0 Å². The number of nitrogens with two attached hydrogens (primary N) is 2. The maximum atomic E-state index is 6.40. The van der Waals surface area contributed by atoms with Crippen molar-refractivity contribution < 1.29 is 9.47 Å². The van der Waals surface area contributed by atoms with Gasteiger partial charge in [0.25, 0.3) is 0 Å². The molecule has 2 aromatic heterocycles. The first-order valence-corrected chi connectivity index (χ1v) is 11.4. The molecule has 0 radical (unpaired) electrons. The summed E-state index contributed by atoms with van der Waals surface area (Å²) in [7, 11) is 0. The van der Waals surface area contributed by atoms with E-state index in [0.29, 0.717) is 11.6 Å². The lowest BCUT2D eigenvalue weighted by molar-refractivity contribution is -0.155. The molecule has 0 amide bonds. The second-order valence-electron chi connectivity index (χ2n) is 9.58. The van der Waals surface area contributed by atoms with Gasteiger partial charge in [0.15, 0.2) is 5.79 Å². The van der Waals surface area contributed by atoms with Crippen LogP contribution in [0.4, 0.5) is 17.5 Å². The van der Waals surface area contributed by atoms with Crippen LogP contribution in [0.3, 0.4) is 0 Å². The van der Waals surface area contributed by atoms with E-state index in [9.17, 15) is 0 Å². The largest absolute Gasteiger partial charge is 0.384 e. The van der Waals surface area contributed by atoms with Gasteiger partial charge in [0.1, 0.15) is 29.9 Å². The molecule has 1 saturated carbocycles. The third-order valence-corrected chi connectivity index (χ3v) is 6.98. The molecule has 4 heterocycles. The van der Waals surface area contributed by atoms with Crippen molar-refractivity contribution in [1.82, 2.24) is 15.0 Å². The molecule has 1 saturated heterocycles. The number of ether oxygens (including phenoxy) is 2. The Morgan fingerprint density at radius 3 is 2.79 bits per heavy atom. The molecule has 2 fully saturated rings. The van der Waals surface area contributed by atoms with Crippen molar-refractivity contribution in [1.29, 1.82) is 0 Å². The second kappa shape index (κ2) is 7.40. The highest BCUT2D eigenvalue weighted by Gasteiger charge is 2.55. The van der Waals surface area contributed by atoms with E-state index in [1.54, 1.807) is 6.33 Å². The van der Waals surface area contributed by atoms with Crippen molar-refractivity contribution in [2.75, 3.05) is 22.9 Å². The number of hydrogen-bond acceptors (Lipinski definition) is 8. The molecule has 33 heavy (non-hydrogen) atoms. The summed E-state index contributed by atoms with van der Waals surface area (Å²) in [5, 5.41) is 1.07. The average molecular weight is 445 g/mol. The maximum absolute atomic E-state index is 6.40. The molecule has 3 aliphatic rings. The summed E-state index contributed by atoms with van der Waals surface area (Å²) in [5.74, 6) is 1.64. The fourth-order valence-electron chi connectivity index (χ4n) is 5.54. The van der Waals surface area contributed by atoms with E-state index in [-0.39, 0.29) is 24.2 Å². The highest BCUT2D eigenvalue weighted by Crippen LogP contribution is 2.46. The van der Waals surface area contributed by atoms with Crippen LogP contribution in [-0.4, -0.2) is 45.5 Å². The summed E-state index contributed by atoms with van der Waals surface area (Å²) < 4.78 is 12.8. The Labute approximate surface area is 192 Å². The molecule has 4 atom stereocenters. The third kappa shape index (κ3) is 3.50. The van der Waals surface area contributed by atoms with E-state index in [1.807, 2.05) is 26.0 Å². The van der Waals surface area contributed by atoms with Crippen LogP contribution in [0.5, 0.6) is 0 Å². The van der Waals surface area contributed by atoms with Crippen molar-refractivity contribution >= 4 is 34.4 Å². The van der Waals surface area contributed by atoms with Gasteiger partial charge in [-0.15, -0.1) is 0 Å². The highest BCUT2D eigenvalue weighted by molar-refractivity contribution is 5.82. The highest BCUT2D eigenvalue weighted by atomic mass is 16.8. The van der Waals surface area contributed by atoms with E-state index in [4.69, 9.17) is 20.9 Å². The lowest BCUT2D eigenvalue weighted by Gasteiger charge is -2.31. The average Bonchev–Trinajstić information content (AvgIpc) is 3.43. The van der Waals surface area contributed by atoms with Gasteiger partial charge in [0, 0.05) is 23.4 Å². The Hall–Kier alpha value is -3.23. The van der Waals surface area contributed by atoms with Gasteiger partial charge in [0.2, 0.25) is 0 Å². The third-order valence-electron chi connectivity index (χ3n) is 6.98. The quantitative estimate of drug-likeness (QED) is 0.633. The first-order valence-electron chi connectivity index (χ1n) is 11.4. The molecule has 8 nitrogen and oxygen atoms in total. The first kappa shape index (κ1) is 20.4. The zero-order valence-electron chi connectivity index (χ0n) is 18.8. The minimum atomic E-state index is -0.613. The van der Waals surface area contributed by atoms with Crippen LogP contribution in [0.15, 0.2) is 42.7 Å². The second-order valence-corrected chi connectivity index (χ2v) is 9.58. The molecule has 0 unspecified atom stereocenters. The van der Waals surface area contributed by atoms with Gasteiger partial charge in [-0.1, -0.05) is 24.3 Å². The smallest absolute Gasteiger partial charge is 0.163 e. The minimum Gasteiger partial charge on any atom is -0.384 e. The van der Waals surface area contributed by atoms with Crippen LogP contribution in [0, 0.1) is 5.92 Å². The zero-order chi connectivity index (χ0) is 22.7. The molecule has 1 aliphatic carbocycles. The van der Waals surface area contributed by atoms with Crippen molar-refractivity contribution in [2.45, 2.75) is 50.7 Å². The van der Waals surface area contributed by atoms with E-state index < -0.39 is 5.79 Å². The number of pyridine rings is 1. The summed E-state index contributed by atoms with van der Waals surface area (Å²) >= 11 is 0. The SMILES string of the molecule is CC1(C)O[C@@H]2[C@H](O1)[C@@H](/C=C/c1ccc3ccc(N)nc3c1)C[C@H]2N1CCc2c(N)ncnc21. The molecule has 1 aromatic carbocycles. The number of anilines is 3. The monoisotopic (exact) mass is 444 g/mol. The standard InChI is InChI=1S/C25H28N6O2/c1-25(2)32-21-16(6-4-14-3-5-15-7-8-20(26)30-18(15)11-14)12-19(22(21)33-25)31-10-9-17-23(27)28-13-29-24(17)31/h3-8,11,13,16,19,21-22H,9-10,12H2,1-2H3,(H2,26,30)(H2,27,28,29)/b6-4+/t16-,19+,21+,22-/m0/s1. The molecule has 4 N–H and O–H groups in total. The summed E-state index contributed by atoms with van der Waals surface area (Å²) in [6.45, 7) is 4.84. The van der Waals surface area contributed by atoms with Crippen molar-refractivity contribution in [3.63, 3.8) is 0 Å². The van der Waals surface area contributed by atoms with Gasteiger partial charge in [-0.3, -0.25) is 0 Å². The molecule has 0 bridgehead atoms. The van der Waals surface area contributed by atoms with Gasteiger partial charge in [-0.05, 0) is 50.5 Å². The lowest BCUT2D eigenvalue weighted by atomic mass is 10.0. The van der Waals surface area contributed by atoms with Gasteiger partial charge in [0.05, 0.1) is 17.7 Å². The maximum Gasteiger partial charge on any atom is 0.163 e. The molecule has 8 heteroatoms. The normalized spacial score (nSPS) is 28.0. The minimum absolute atomic E-state index is 0.0151. The van der Waals surface area contributed by atoms with Crippen LogP contribution < -0.4 is 16.4 Å². The molecule has 2 aliphatic heterocycles. The Kier molecular flexibility index (Phi) is 4.57. The summed E-state index contributed by atoms with van der Waals surface area (Å²) in [6.07, 6.45) is 7.68. The lowest BCUT2D eigenvalue weighted by Crippen LogP contribution is -2.43. The number of fused-ring (bicyclic) bond motifs is 3. The van der Waals surface area contributed by atoms with Crippen LogP contribution >= 0.6 is 0 Å². The number of benzene rings is 1. The number of aromatic nitrogens is 3. The van der Waals surface area contributed by atoms with Gasteiger partial charge >= 0.3 is 0 Å². The summed E-state index contributed by atoms with van der Waals surface area (Å²) in [4.78, 5) is 15.5. The molecular weight excluding hydrogens is 416 g/mol.